The number of para-hydroxylation sites is 2. The fourth-order valence-corrected chi connectivity index (χ4v) is 4.27. The van der Waals surface area contributed by atoms with E-state index in [4.69, 9.17) is 28.4 Å². The van der Waals surface area contributed by atoms with Gasteiger partial charge in [-0.3, -0.25) is 4.21 Å². The fraction of sp³-hybridized carbons (Fsp3) is 0.222. The molecule has 1 N–H and O–H groups in total. The van der Waals surface area contributed by atoms with Crippen LogP contribution in [0.15, 0.2) is 78.9 Å². The molecule has 0 aliphatic carbocycles. The lowest BCUT2D eigenvalue weighted by Gasteiger charge is -2.29. The summed E-state index contributed by atoms with van der Waals surface area (Å²) in [5, 5.41) is 9.37. The van der Waals surface area contributed by atoms with Crippen LogP contribution in [-0.2, 0) is 31.9 Å². The maximum Gasteiger partial charge on any atom is 0.338 e. The Morgan fingerprint density at radius 1 is 1.05 bits per heavy atom. The molecule has 1 aliphatic rings. The molecule has 2 unspecified atom stereocenters. The normalized spacial score (nSPS) is 14.9. The summed E-state index contributed by atoms with van der Waals surface area (Å²) < 4.78 is 59.4. The van der Waals surface area contributed by atoms with Gasteiger partial charge in [-0.1, -0.05) is 42.5 Å². The summed E-state index contributed by atoms with van der Waals surface area (Å²) in [6.07, 6.45) is 0.702. The van der Waals surface area contributed by atoms with Crippen LogP contribution in [0.5, 0.6) is 23.0 Å². The van der Waals surface area contributed by atoms with Gasteiger partial charge >= 0.3 is 5.97 Å². The first kappa shape index (κ1) is 27.8. The quantitative estimate of drug-likeness (QED) is 0.260. The average Bonchev–Trinajstić information content (AvgIpc) is 3.40. The maximum absolute atomic E-state index is 12.6. The van der Waals surface area contributed by atoms with Crippen molar-refractivity contribution in [1.82, 2.24) is 0 Å². The summed E-state index contributed by atoms with van der Waals surface area (Å²) in [7, 11) is 2.64. The Kier molecular flexibility index (Phi) is 9.26. The number of carbonyl (C=O) groups excluding carboxylic acids is 1. The van der Waals surface area contributed by atoms with Crippen LogP contribution in [-0.4, -0.2) is 53.6 Å². The fourth-order valence-electron chi connectivity index (χ4n) is 3.74. The van der Waals surface area contributed by atoms with Crippen molar-refractivity contribution in [2.75, 3.05) is 31.7 Å². The Morgan fingerprint density at radius 3 is 2.44 bits per heavy atom. The second-order valence-electron chi connectivity index (χ2n) is 7.98. The molecule has 39 heavy (non-hydrogen) atoms. The monoisotopic (exact) mass is 556 g/mol. The first-order valence-electron chi connectivity index (χ1n) is 11.7. The summed E-state index contributed by atoms with van der Waals surface area (Å²) in [6.45, 7) is -0.527. The Morgan fingerprint density at radius 2 is 1.77 bits per heavy atom. The summed E-state index contributed by atoms with van der Waals surface area (Å²) in [6, 6.07) is 18.6. The highest BCUT2D eigenvalue weighted by atomic mass is 32.2. The number of aliphatic hydroxyl groups is 1. The van der Waals surface area contributed by atoms with Gasteiger partial charge in [0.05, 0.1) is 37.7 Å². The first-order valence-corrected chi connectivity index (χ1v) is 12.7. The van der Waals surface area contributed by atoms with Crippen LogP contribution in [0.3, 0.4) is 0 Å². The van der Waals surface area contributed by atoms with Crippen LogP contribution in [0, 0.1) is 0 Å². The lowest BCUT2D eigenvalue weighted by molar-refractivity contribution is -0.0298. The highest BCUT2D eigenvalue weighted by Gasteiger charge is 2.31. The molecule has 0 bridgehead atoms. The molecule has 1 heterocycles. The van der Waals surface area contributed by atoms with Crippen molar-refractivity contribution in [1.29, 1.82) is 0 Å². The van der Waals surface area contributed by atoms with Gasteiger partial charge in [-0.25, -0.2) is 9.10 Å². The first-order chi connectivity index (χ1) is 18.9. The van der Waals surface area contributed by atoms with Crippen molar-refractivity contribution in [3.05, 3.63) is 90.0 Å². The van der Waals surface area contributed by atoms with E-state index < -0.39 is 23.5 Å². The van der Waals surface area contributed by atoms with Crippen molar-refractivity contribution >= 4 is 22.9 Å². The molecular formula is C27H26NO10S-. The van der Waals surface area contributed by atoms with Gasteiger partial charge in [-0.15, -0.1) is 0 Å². The smallest absolute Gasteiger partial charge is 0.338 e. The molecule has 12 heteroatoms. The Bertz CT molecular complexity index is 1350. The summed E-state index contributed by atoms with van der Waals surface area (Å²) in [5.41, 5.74) is 0.739. The van der Waals surface area contributed by atoms with Crippen molar-refractivity contribution in [2.24, 2.45) is 0 Å². The van der Waals surface area contributed by atoms with Crippen LogP contribution in [0.25, 0.3) is 0 Å². The van der Waals surface area contributed by atoms with E-state index in [9.17, 15) is 18.7 Å². The molecule has 0 aromatic heterocycles. The van der Waals surface area contributed by atoms with Gasteiger partial charge in [-0.05, 0) is 29.8 Å². The van der Waals surface area contributed by atoms with Gasteiger partial charge in [0, 0.05) is 6.42 Å². The van der Waals surface area contributed by atoms with Crippen LogP contribution < -0.4 is 18.5 Å². The van der Waals surface area contributed by atoms with E-state index in [1.54, 1.807) is 24.3 Å². The zero-order chi connectivity index (χ0) is 27.8. The Hall–Kier alpha value is -4.26. The molecule has 4 rings (SSSR count). The minimum absolute atomic E-state index is 0.0383. The third-order valence-corrected chi connectivity index (χ3v) is 6.15. The van der Waals surface area contributed by atoms with Gasteiger partial charge in [0.2, 0.25) is 12.2 Å². The molecule has 0 radical (unpaired) electrons. The average molecular weight is 557 g/mol. The Labute approximate surface area is 227 Å². The Balaban J connectivity index is 1.79. The molecule has 2 atom stereocenters. The molecule has 11 nitrogen and oxygen atoms in total. The summed E-state index contributed by atoms with van der Waals surface area (Å²) in [5.74, 6) is -0.484. The molecule has 206 valence electrons. The third-order valence-electron chi connectivity index (χ3n) is 5.47. The number of hydrogen-bond donors (Lipinski definition) is 1. The number of esters is 1. The molecule has 0 saturated carbocycles. The van der Waals surface area contributed by atoms with E-state index in [0.717, 1.165) is 16.1 Å². The number of anilines is 1. The lowest BCUT2D eigenvalue weighted by atomic mass is 10.1. The number of hydrogen-bond acceptors (Lipinski definition) is 10. The molecule has 3 aromatic rings. The summed E-state index contributed by atoms with van der Waals surface area (Å²) >= 11 is -2.98. The van der Waals surface area contributed by atoms with E-state index in [2.05, 4.69) is 0 Å². The second kappa shape index (κ2) is 13.0. The van der Waals surface area contributed by atoms with Crippen molar-refractivity contribution in [3.8, 4) is 23.0 Å². The molecule has 0 spiro atoms. The number of benzene rings is 3. The largest absolute Gasteiger partial charge is 0.755 e. The number of aliphatic hydroxyl groups excluding tert-OH is 1. The van der Waals surface area contributed by atoms with Gasteiger partial charge in [0.15, 0.2) is 23.0 Å². The molecule has 0 saturated heterocycles. The minimum Gasteiger partial charge on any atom is -0.755 e. The topological polar surface area (TPSA) is 136 Å². The van der Waals surface area contributed by atoms with Crippen LogP contribution in [0.2, 0.25) is 0 Å². The van der Waals surface area contributed by atoms with E-state index >= 15 is 0 Å². The standard InChI is InChI=1S/C27H27NO10S/c1-33-21-10-6-7-11-22(21)37-26-20(15-19(27(30)34-2)16-23(26)35-13-12-29)28(39(31)32)24-17-36-25(38-24)14-18-8-4-3-5-9-18/h3-11,15-17,25,29H,12-14H2,1-2H3,(H,31,32)/p-1. The number of carbonyl (C=O) groups is 1. The molecule has 1 aliphatic heterocycles. The lowest BCUT2D eigenvalue weighted by Crippen LogP contribution is -2.27. The number of ether oxygens (including phenoxy) is 6. The zero-order valence-electron chi connectivity index (χ0n) is 21.1. The summed E-state index contributed by atoms with van der Waals surface area (Å²) in [4.78, 5) is 12.5. The number of nitrogens with zero attached hydrogens (tertiary/aromatic N) is 1. The van der Waals surface area contributed by atoms with E-state index in [0.29, 0.717) is 12.2 Å². The molecule has 0 amide bonds. The van der Waals surface area contributed by atoms with Crippen LogP contribution in [0.4, 0.5) is 5.69 Å². The van der Waals surface area contributed by atoms with Crippen LogP contribution in [0.1, 0.15) is 15.9 Å². The minimum atomic E-state index is -2.98. The highest BCUT2D eigenvalue weighted by molar-refractivity contribution is 7.80. The molecule has 0 fully saturated rings. The van der Waals surface area contributed by atoms with E-state index in [1.165, 1.54) is 26.4 Å². The van der Waals surface area contributed by atoms with Gasteiger partial charge in [0.1, 0.15) is 18.6 Å². The maximum atomic E-state index is 12.6. The second-order valence-corrected chi connectivity index (χ2v) is 8.78. The predicted molar refractivity (Wildman–Crippen MR) is 139 cm³/mol. The van der Waals surface area contributed by atoms with E-state index in [-0.39, 0.29) is 47.6 Å². The highest BCUT2D eigenvalue weighted by Crippen LogP contribution is 2.46. The molecule has 3 aromatic carbocycles. The van der Waals surface area contributed by atoms with Crippen molar-refractivity contribution < 1.29 is 47.1 Å². The number of methoxy groups -OCH3 is 2. The van der Waals surface area contributed by atoms with Gasteiger partial charge in [-0.2, -0.15) is 0 Å². The molecular weight excluding hydrogens is 530 g/mol. The van der Waals surface area contributed by atoms with Crippen molar-refractivity contribution in [3.63, 3.8) is 0 Å². The third kappa shape index (κ3) is 6.60. The predicted octanol–water partition coefficient (Wildman–Crippen LogP) is 3.66. The van der Waals surface area contributed by atoms with Crippen molar-refractivity contribution in [2.45, 2.75) is 12.7 Å². The number of rotatable bonds is 12. The zero-order valence-corrected chi connectivity index (χ0v) is 21.9. The van der Waals surface area contributed by atoms with Gasteiger partial charge in [0.25, 0.3) is 0 Å². The van der Waals surface area contributed by atoms with Gasteiger partial charge < -0.3 is 38.1 Å². The van der Waals surface area contributed by atoms with E-state index in [1.807, 2.05) is 30.3 Å². The SMILES string of the molecule is COC(=O)c1cc(OCCO)c(Oc2ccccc2OC)c(N(C2=COC(Cc3ccccc3)O2)S(=O)[O-])c1. The van der Waals surface area contributed by atoms with Crippen LogP contribution >= 0.6 is 0 Å².